The van der Waals surface area contributed by atoms with E-state index in [-0.39, 0.29) is 18.0 Å². The normalized spacial score (nSPS) is 21.3. The molecule has 3 aromatic rings. The number of benzene rings is 1. The van der Waals surface area contributed by atoms with Crippen molar-refractivity contribution in [3.05, 3.63) is 58.9 Å². The van der Waals surface area contributed by atoms with Crippen molar-refractivity contribution in [1.29, 1.82) is 0 Å². The first kappa shape index (κ1) is 20.1. The zero-order chi connectivity index (χ0) is 21.5. The number of aromatic nitrogens is 2. The van der Waals surface area contributed by atoms with Crippen LogP contribution in [-0.4, -0.2) is 27.4 Å². The molecule has 0 aliphatic heterocycles. The Bertz CT molecular complexity index is 1100. The fraction of sp³-hybridized carbons (Fsp3) is 0.440. The van der Waals surface area contributed by atoms with Gasteiger partial charge in [-0.05, 0) is 75.6 Å². The third-order valence-electron chi connectivity index (χ3n) is 6.72. The summed E-state index contributed by atoms with van der Waals surface area (Å²) in [4.78, 5) is 18.1. The number of hydrogen-bond donors (Lipinski definition) is 3. The molecule has 0 atom stereocenters. The second-order valence-corrected chi connectivity index (χ2v) is 9.21. The molecule has 2 aliphatic rings. The Labute approximate surface area is 183 Å². The van der Waals surface area contributed by atoms with Gasteiger partial charge in [0.2, 0.25) is 0 Å². The van der Waals surface area contributed by atoms with Crippen LogP contribution in [-0.2, 0) is 0 Å². The van der Waals surface area contributed by atoms with Crippen molar-refractivity contribution in [2.45, 2.75) is 70.4 Å². The maximum absolute atomic E-state index is 13.2. The summed E-state index contributed by atoms with van der Waals surface area (Å²) in [6, 6.07) is 10.6. The molecule has 1 amide bonds. The first-order valence-corrected chi connectivity index (χ1v) is 11.4. The van der Waals surface area contributed by atoms with E-state index in [4.69, 9.17) is 10.7 Å². The van der Waals surface area contributed by atoms with Crippen molar-refractivity contribution in [3.8, 4) is 0 Å². The van der Waals surface area contributed by atoms with E-state index in [9.17, 15) is 4.79 Å². The molecule has 2 fully saturated rings. The lowest BCUT2D eigenvalue weighted by Crippen LogP contribution is -2.40. The number of imidazole rings is 1. The molecular formula is C25H31N5O. The van der Waals surface area contributed by atoms with Gasteiger partial charge < -0.3 is 16.4 Å². The van der Waals surface area contributed by atoms with E-state index in [0.29, 0.717) is 11.5 Å². The van der Waals surface area contributed by atoms with E-state index in [0.717, 1.165) is 61.4 Å². The lowest BCUT2D eigenvalue weighted by atomic mass is 9.91. The number of amides is 1. The van der Waals surface area contributed by atoms with Gasteiger partial charge in [-0.15, -0.1) is 0 Å². The number of anilines is 2. The number of aryl methyl sites for hydroxylation is 2. The van der Waals surface area contributed by atoms with Crippen molar-refractivity contribution in [2.75, 3.05) is 5.32 Å². The van der Waals surface area contributed by atoms with Gasteiger partial charge in [0.15, 0.2) is 5.65 Å². The number of pyridine rings is 1. The van der Waals surface area contributed by atoms with Crippen LogP contribution in [0.15, 0.2) is 36.5 Å². The summed E-state index contributed by atoms with van der Waals surface area (Å²) >= 11 is 0. The molecule has 0 spiro atoms. The third-order valence-corrected chi connectivity index (χ3v) is 6.72. The Morgan fingerprint density at radius 2 is 1.74 bits per heavy atom. The van der Waals surface area contributed by atoms with Crippen molar-refractivity contribution in [2.24, 2.45) is 5.73 Å². The van der Waals surface area contributed by atoms with Crippen LogP contribution >= 0.6 is 0 Å². The number of nitrogens with zero attached hydrogens (tertiary/aromatic N) is 2. The van der Waals surface area contributed by atoms with Gasteiger partial charge in [0.25, 0.3) is 5.91 Å². The van der Waals surface area contributed by atoms with Crippen molar-refractivity contribution < 1.29 is 4.79 Å². The SMILES string of the molecule is Cc1cccc(C)c1Nc1c(C2CC2)nc2c(C(=O)NC3CCC(N)CC3)cccn12. The molecule has 5 rings (SSSR count). The van der Waals surface area contributed by atoms with Crippen molar-refractivity contribution in [3.63, 3.8) is 0 Å². The van der Waals surface area contributed by atoms with Crippen LogP contribution < -0.4 is 16.4 Å². The zero-order valence-electron chi connectivity index (χ0n) is 18.3. The van der Waals surface area contributed by atoms with Crippen LogP contribution in [0, 0.1) is 13.8 Å². The largest absolute Gasteiger partial charge is 0.349 e. The summed E-state index contributed by atoms with van der Waals surface area (Å²) in [5.74, 6) is 1.40. The molecule has 6 heteroatoms. The van der Waals surface area contributed by atoms with E-state index in [2.05, 4.69) is 42.7 Å². The van der Waals surface area contributed by atoms with Crippen LogP contribution in [0.2, 0.25) is 0 Å². The Morgan fingerprint density at radius 1 is 1.03 bits per heavy atom. The number of fused-ring (bicyclic) bond motifs is 1. The van der Waals surface area contributed by atoms with Gasteiger partial charge in [0.1, 0.15) is 5.82 Å². The standard InChI is InChI=1S/C25H31N5O/c1-15-5-3-6-16(2)21(15)28-24-22(17-8-9-17)29-23-20(7-4-14-30(23)24)25(31)27-19-12-10-18(26)11-13-19/h3-7,14,17-19,28H,8-13,26H2,1-2H3,(H,27,31). The average molecular weight is 418 g/mol. The summed E-state index contributed by atoms with van der Waals surface area (Å²) in [7, 11) is 0. The Balaban J connectivity index is 1.51. The van der Waals surface area contributed by atoms with Gasteiger partial charge in [-0.1, -0.05) is 18.2 Å². The number of carbonyl (C=O) groups excluding carboxylic acids is 1. The molecule has 2 aliphatic carbocycles. The molecule has 0 radical (unpaired) electrons. The molecular weight excluding hydrogens is 386 g/mol. The van der Waals surface area contributed by atoms with Crippen molar-refractivity contribution >= 4 is 23.1 Å². The van der Waals surface area contributed by atoms with E-state index in [1.54, 1.807) is 0 Å². The molecule has 31 heavy (non-hydrogen) atoms. The molecule has 2 saturated carbocycles. The smallest absolute Gasteiger partial charge is 0.255 e. The lowest BCUT2D eigenvalue weighted by Gasteiger charge is -2.26. The number of hydrogen-bond acceptors (Lipinski definition) is 4. The molecule has 0 saturated heterocycles. The van der Waals surface area contributed by atoms with Gasteiger partial charge in [-0.3, -0.25) is 9.20 Å². The van der Waals surface area contributed by atoms with Crippen LogP contribution in [0.25, 0.3) is 5.65 Å². The number of carbonyl (C=O) groups is 1. The zero-order valence-corrected chi connectivity index (χ0v) is 18.3. The highest BCUT2D eigenvalue weighted by Gasteiger charge is 2.32. The second kappa shape index (κ2) is 8.00. The van der Waals surface area contributed by atoms with Gasteiger partial charge in [0, 0.05) is 29.9 Å². The molecule has 0 unspecified atom stereocenters. The molecule has 0 bridgehead atoms. The van der Waals surface area contributed by atoms with E-state index in [1.807, 2.05) is 22.7 Å². The maximum Gasteiger partial charge on any atom is 0.255 e. The molecule has 2 aromatic heterocycles. The van der Waals surface area contributed by atoms with Crippen LogP contribution in [0.4, 0.5) is 11.5 Å². The Morgan fingerprint density at radius 3 is 2.42 bits per heavy atom. The molecule has 2 heterocycles. The maximum atomic E-state index is 13.2. The highest BCUT2D eigenvalue weighted by Crippen LogP contribution is 2.44. The number of rotatable bonds is 5. The fourth-order valence-electron chi connectivity index (χ4n) is 4.68. The first-order valence-electron chi connectivity index (χ1n) is 11.4. The molecule has 162 valence electrons. The fourth-order valence-corrected chi connectivity index (χ4v) is 4.68. The average Bonchev–Trinajstić information content (AvgIpc) is 3.53. The lowest BCUT2D eigenvalue weighted by molar-refractivity contribution is 0.0927. The highest BCUT2D eigenvalue weighted by atomic mass is 16.1. The topological polar surface area (TPSA) is 84.5 Å². The van der Waals surface area contributed by atoms with E-state index in [1.165, 1.54) is 11.1 Å². The number of nitrogens with one attached hydrogen (secondary N) is 2. The van der Waals surface area contributed by atoms with Crippen molar-refractivity contribution in [1.82, 2.24) is 14.7 Å². The third kappa shape index (κ3) is 3.92. The Hall–Kier alpha value is -2.86. The van der Waals surface area contributed by atoms with E-state index >= 15 is 0 Å². The van der Waals surface area contributed by atoms with Gasteiger partial charge in [0.05, 0.1) is 11.3 Å². The highest BCUT2D eigenvalue weighted by molar-refractivity contribution is 6.00. The number of para-hydroxylation sites is 1. The van der Waals surface area contributed by atoms with Crippen LogP contribution in [0.1, 0.15) is 71.6 Å². The minimum atomic E-state index is -0.0444. The van der Waals surface area contributed by atoms with Crippen LogP contribution in [0.3, 0.4) is 0 Å². The summed E-state index contributed by atoms with van der Waals surface area (Å²) in [6.07, 6.45) is 8.11. The van der Waals surface area contributed by atoms with E-state index < -0.39 is 0 Å². The second-order valence-electron chi connectivity index (χ2n) is 9.21. The Kier molecular flexibility index (Phi) is 5.18. The van der Waals surface area contributed by atoms with Gasteiger partial charge in [-0.2, -0.15) is 0 Å². The minimum absolute atomic E-state index is 0.0444. The van der Waals surface area contributed by atoms with Crippen LogP contribution in [0.5, 0.6) is 0 Å². The number of nitrogens with two attached hydrogens (primary N) is 1. The molecule has 6 nitrogen and oxygen atoms in total. The predicted octanol–water partition coefficient (Wildman–Crippen LogP) is 4.57. The monoisotopic (exact) mass is 417 g/mol. The van der Waals surface area contributed by atoms with Gasteiger partial charge in [-0.25, -0.2) is 4.98 Å². The molecule has 1 aromatic carbocycles. The summed E-state index contributed by atoms with van der Waals surface area (Å²) in [6.45, 7) is 4.23. The summed E-state index contributed by atoms with van der Waals surface area (Å²) < 4.78 is 2.05. The predicted molar refractivity (Wildman–Crippen MR) is 124 cm³/mol. The summed E-state index contributed by atoms with van der Waals surface area (Å²) in [5.41, 5.74) is 11.9. The quantitative estimate of drug-likeness (QED) is 0.568. The van der Waals surface area contributed by atoms with Gasteiger partial charge >= 0.3 is 0 Å². The minimum Gasteiger partial charge on any atom is -0.349 e. The molecule has 4 N–H and O–H groups in total. The first-order chi connectivity index (χ1) is 15.0. The summed E-state index contributed by atoms with van der Waals surface area (Å²) in [5, 5.41) is 6.88.